The molecule has 0 unspecified atom stereocenters. The van der Waals surface area contributed by atoms with Crippen LogP contribution in [0, 0.1) is 0 Å². The molecule has 110 valence electrons. The standard InChI is InChI=1S/C14H22N2O.2ClH/c1-2-13-4-3-5-14(12-13)17-11-10-16-8-6-15-7-9-16;;/h3-5,12,15H,2,6-11H2,1H3;2*1H. The number of nitrogens with one attached hydrogen (secondary N) is 1. The van der Waals surface area contributed by atoms with Crippen molar-refractivity contribution in [1.29, 1.82) is 0 Å². The highest BCUT2D eigenvalue weighted by Crippen LogP contribution is 2.13. The van der Waals surface area contributed by atoms with Crippen molar-refractivity contribution in [2.45, 2.75) is 13.3 Å². The summed E-state index contributed by atoms with van der Waals surface area (Å²) in [4.78, 5) is 2.44. The van der Waals surface area contributed by atoms with Crippen LogP contribution in [0.25, 0.3) is 0 Å². The maximum Gasteiger partial charge on any atom is 0.119 e. The minimum atomic E-state index is 0. The van der Waals surface area contributed by atoms with Gasteiger partial charge in [-0.2, -0.15) is 0 Å². The number of hydrogen-bond donors (Lipinski definition) is 1. The Morgan fingerprint density at radius 1 is 1.21 bits per heavy atom. The van der Waals surface area contributed by atoms with E-state index in [-0.39, 0.29) is 24.8 Å². The van der Waals surface area contributed by atoms with Gasteiger partial charge in [0.25, 0.3) is 0 Å². The van der Waals surface area contributed by atoms with Gasteiger partial charge < -0.3 is 10.1 Å². The second kappa shape index (κ2) is 10.3. The average Bonchev–Trinajstić information content (AvgIpc) is 2.40. The first-order valence-electron chi connectivity index (χ1n) is 6.53. The number of rotatable bonds is 5. The smallest absolute Gasteiger partial charge is 0.119 e. The van der Waals surface area contributed by atoms with Gasteiger partial charge in [0.2, 0.25) is 0 Å². The van der Waals surface area contributed by atoms with Crippen LogP contribution in [-0.4, -0.2) is 44.2 Å². The molecule has 1 fully saturated rings. The second-order valence-corrected chi connectivity index (χ2v) is 4.44. The maximum atomic E-state index is 5.79. The highest BCUT2D eigenvalue weighted by Gasteiger charge is 2.08. The van der Waals surface area contributed by atoms with Crippen LogP contribution in [0.5, 0.6) is 5.75 Å². The number of ether oxygens (including phenoxy) is 1. The van der Waals surface area contributed by atoms with Crippen LogP contribution in [0.2, 0.25) is 0 Å². The predicted molar refractivity (Wildman–Crippen MR) is 85.1 cm³/mol. The van der Waals surface area contributed by atoms with E-state index in [0.717, 1.165) is 51.5 Å². The molecular formula is C14H24Cl2N2O. The maximum absolute atomic E-state index is 5.79. The molecule has 0 amide bonds. The molecule has 0 spiro atoms. The second-order valence-electron chi connectivity index (χ2n) is 4.44. The Balaban J connectivity index is 0.00000162. The van der Waals surface area contributed by atoms with Crippen molar-refractivity contribution >= 4 is 24.8 Å². The normalized spacial score (nSPS) is 15.2. The minimum Gasteiger partial charge on any atom is -0.492 e. The van der Waals surface area contributed by atoms with Crippen LogP contribution in [0.4, 0.5) is 0 Å². The van der Waals surface area contributed by atoms with Gasteiger partial charge in [-0.05, 0) is 24.1 Å². The molecule has 2 rings (SSSR count). The van der Waals surface area contributed by atoms with E-state index < -0.39 is 0 Å². The molecule has 1 aliphatic heterocycles. The minimum absolute atomic E-state index is 0. The van der Waals surface area contributed by atoms with E-state index >= 15 is 0 Å². The number of hydrogen-bond acceptors (Lipinski definition) is 3. The van der Waals surface area contributed by atoms with Gasteiger partial charge in [-0.25, -0.2) is 0 Å². The van der Waals surface area contributed by atoms with Gasteiger partial charge in [-0.15, -0.1) is 24.8 Å². The molecule has 1 heterocycles. The summed E-state index contributed by atoms with van der Waals surface area (Å²) in [6, 6.07) is 8.39. The summed E-state index contributed by atoms with van der Waals surface area (Å²) >= 11 is 0. The Bertz CT molecular complexity index is 344. The first-order valence-corrected chi connectivity index (χ1v) is 6.53. The molecule has 1 aromatic rings. The van der Waals surface area contributed by atoms with Crippen molar-refractivity contribution in [3.63, 3.8) is 0 Å². The summed E-state index contributed by atoms with van der Waals surface area (Å²) in [6.07, 6.45) is 1.06. The average molecular weight is 307 g/mol. The van der Waals surface area contributed by atoms with Crippen molar-refractivity contribution in [1.82, 2.24) is 10.2 Å². The SMILES string of the molecule is CCc1cccc(OCCN2CCNCC2)c1.Cl.Cl. The molecule has 1 aromatic carbocycles. The molecule has 19 heavy (non-hydrogen) atoms. The number of halogens is 2. The van der Waals surface area contributed by atoms with Gasteiger partial charge in [-0.1, -0.05) is 19.1 Å². The van der Waals surface area contributed by atoms with Gasteiger partial charge in [0, 0.05) is 32.7 Å². The largest absolute Gasteiger partial charge is 0.492 e. The summed E-state index contributed by atoms with van der Waals surface area (Å²) in [6.45, 7) is 8.46. The number of piperazine rings is 1. The summed E-state index contributed by atoms with van der Waals surface area (Å²) < 4.78 is 5.79. The molecule has 0 radical (unpaired) electrons. The van der Waals surface area contributed by atoms with E-state index in [9.17, 15) is 0 Å². The fraction of sp³-hybridized carbons (Fsp3) is 0.571. The van der Waals surface area contributed by atoms with Gasteiger partial charge in [0.05, 0.1) is 0 Å². The molecule has 0 aliphatic carbocycles. The zero-order valence-corrected chi connectivity index (χ0v) is 13.1. The van der Waals surface area contributed by atoms with Crippen LogP contribution in [0.3, 0.4) is 0 Å². The van der Waals surface area contributed by atoms with Gasteiger partial charge in [0.1, 0.15) is 12.4 Å². The first-order chi connectivity index (χ1) is 8.38. The lowest BCUT2D eigenvalue weighted by molar-refractivity contribution is 0.191. The summed E-state index contributed by atoms with van der Waals surface area (Å²) in [7, 11) is 0. The lowest BCUT2D eigenvalue weighted by Gasteiger charge is -2.26. The lowest BCUT2D eigenvalue weighted by atomic mass is 10.2. The van der Waals surface area contributed by atoms with Crippen LogP contribution >= 0.6 is 24.8 Å². The van der Waals surface area contributed by atoms with E-state index in [1.54, 1.807) is 0 Å². The molecule has 0 saturated carbocycles. The zero-order valence-electron chi connectivity index (χ0n) is 11.4. The number of benzene rings is 1. The third-order valence-electron chi connectivity index (χ3n) is 3.19. The molecule has 3 nitrogen and oxygen atoms in total. The number of nitrogens with zero attached hydrogens (tertiary/aromatic N) is 1. The third kappa shape index (κ3) is 6.48. The monoisotopic (exact) mass is 306 g/mol. The van der Waals surface area contributed by atoms with Gasteiger partial charge in [-0.3, -0.25) is 4.90 Å². The highest BCUT2D eigenvalue weighted by molar-refractivity contribution is 5.85. The van der Waals surface area contributed by atoms with Gasteiger partial charge in [0.15, 0.2) is 0 Å². The molecule has 1 aliphatic rings. The Hall–Kier alpha value is -0.480. The van der Waals surface area contributed by atoms with Crippen molar-refractivity contribution in [2.24, 2.45) is 0 Å². The third-order valence-corrected chi connectivity index (χ3v) is 3.19. The van der Waals surface area contributed by atoms with Crippen molar-refractivity contribution in [3.05, 3.63) is 29.8 Å². The van der Waals surface area contributed by atoms with Crippen LogP contribution in [0.1, 0.15) is 12.5 Å². The Labute approximate surface area is 128 Å². The van der Waals surface area contributed by atoms with Gasteiger partial charge >= 0.3 is 0 Å². The molecule has 1 N–H and O–H groups in total. The van der Waals surface area contributed by atoms with Crippen molar-refractivity contribution < 1.29 is 4.74 Å². The molecular weight excluding hydrogens is 283 g/mol. The summed E-state index contributed by atoms with van der Waals surface area (Å²) in [5.74, 6) is 1.000. The van der Waals surface area contributed by atoms with E-state index in [2.05, 4.69) is 35.3 Å². The molecule has 5 heteroatoms. The lowest BCUT2D eigenvalue weighted by Crippen LogP contribution is -2.44. The Kier molecular flexibility index (Phi) is 10.1. The first kappa shape index (κ1) is 18.5. The van der Waals surface area contributed by atoms with Crippen molar-refractivity contribution in [3.8, 4) is 5.75 Å². The van der Waals surface area contributed by atoms with Crippen LogP contribution in [0.15, 0.2) is 24.3 Å². The molecule has 1 saturated heterocycles. The summed E-state index contributed by atoms with van der Waals surface area (Å²) in [5.41, 5.74) is 1.34. The Morgan fingerprint density at radius 2 is 1.95 bits per heavy atom. The predicted octanol–water partition coefficient (Wildman–Crippen LogP) is 2.38. The molecule has 0 atom stereocenters. The Morgan fingerprint density at radius 3 is 2.63 bits per heavy atom. The van der Waals surface area contributed by atoms with Crippen LogP contribution in [-0.2, 0) is 6.42 Å². The van der Waals surface area contributed by atoms with E-state index in [0.29, 0.717) is 0 Å². The zero-order chi connectivity index (χ0) is 11.9. The van der Waals surface area contributed by atoms with Crippen molar-refractivity contribution in [2.75, 3.05) is 39.3 Å². The molecule has 0 aromatic heterocycles. The summed E-state index contributed by atoms with van der Waals surface area (Å²) in [5, 5.41) is 3.36. The quantitative estimate of drug-likeness (QED) is 0.904. The fourth-order valence-corrected chi connectivity index (χ4v) is 2.08. The highest BCUT2D eigenvalue weighted by atomic mass is 35.5. The van der Waals surface area contributed by atoms with E-state index in [1.807, 2.05) is 6.07 Å². The molecule has 0 bridgehead atoms. The number of aryl methyl sites for hydroxylation is 1. The van der Waals surface area contributed by atoms with Crippen LogP contribution < -0.4 is 10.1 Å². The fourth-order valence-electron chi connectivity index (χ4n) is 2.08. The van der Waals surface area contributed by atoms with E-state index in [1.165, 1.54) is 5.56 Å². The van der Waals surface area contributed by atoms with E-state index in [4.69, 9.17) is 4.74 Å². The topological polar surface area (TPSA) is 24.5 Å².